The van der Waals surface area contributed by atoms with Crippen LogP contribution in [0.15, 0.2) is 18.2 Å². The fourth-order valence-electron chi connectivity index (χ4n) is 1.91. The van der Waals surface area contributed by atoms with Gasteiger partial charge >= 0.3 is 0 Å². The lowest BCUT2D eigenvalue weighted by Gasteiger charge is -2.29. The number of rotatable bonds is 6. The van der Waals surface area contributed by atoms with Crippen LogP contribution in [-0.2, 0) is 0 Å². The number of thioether (sulfide) groups is 1. The van der Waals surface area contributed by atoms with Gasteiger partial charge in [-0.1, -0.05) is 13.8 Å². The third-order valence-corrected chi connectivity index (χ3v) is 5.12. The molecular weight excluding hydrogens is 263 g/mol. The minimum Gasteiger partial charge on any atom is -0.399 e. The van der Waals surface area contributed by atoms with Crippen LogP contribution in [-0.4, -0.2) is 23.5 Å². The van der Waals surface area contributed by atoms with Crippen molar-refractivity contribution in [1.82, 2.24) is 5.32 Å². The van der Waals surface area contributed by atoms with E-state index in [-0.39, 0.29) is 10.3 Å². The molecule has 0 aromatic heterocycles. The quantitative estimate of drug-likeness (QED) is 0.789. The molecule has 0 atom stereocenters. The van der Waals surface area contributed by atoms with Crippen LogP contribution in [0, 0.1) is 5.82 Å². The van der Waals surface area contributed by atoms with E-state index in [1.165, 1.54) is 18.2 Å². The van der Waals surface area contributed by atoms with Crippen molar-refractivity contribution in [2.75, 3.05) is 18.5 Å². The van der Waals surface area contributed by atoms with Gasteiger partial charge in [0.15, 0.2) is 0 Å². The summed E-state index contributed by atoms with van der Waals surface area (Å²) in [4.78, 5) is 12.0. The van der Waals surface area contributed by atoms with Crippen molar-refractivity contribution >= 4 is 23.4 Å². The van der Waals surface area contributed by atoms with Crippen LogP contribution in [0.1, 0.15) is 37.0 Å². The molecule has 0 saturated carbocycles. The lowest BCUT2D eigenvalue weighted by molar-refractivity contribution is 0.0945. The molecule has 0 fully saturated rings. The minimum absolute atomic E-state index is 0.00205. The average molecular weight is 284 g/mol. The van der Waals surface area contributed by atoms with Gasteiger partial charge in [0.1, 0.15) is 5.82 Å². The van der Waals surface area contributed by atoms with Crippen molar-refractivity contribution in [2.45, 2.75) is 31.4 Å². The fraction of sp³-hybridized carbons (Fsp3) is 0.500. The number of nitrogens with two attached hydrogens (primary N) is 1. The highest BCUT2D eigenvalue weighted by atomic mass is 32.2. The summed E-state index contributed by atoms with van der Waals surface area (Å²) in [6.07, 6.45) is 3.93. The molecule has 1 aromatic rings. The number of amides is 1. The number of anilines is 1. The zero-order valence-corrected chi connectivity index (χ0v) is 12.4. The number of carbonyl (C=O) groups excluding carboxylic acids is 1. The summed E-state index contributed by atoms with van der Waals surface area (Å²) in [7, 11) is 0. The van der Waals surface area contributed by atoms with Crippen molar-refractivity contribution in [3.8, 4) is 0 Å². The number of carbonyl (C=O) groups is 1. The van der Waals surface area contributed by atoms with E-state index >= 15 is 0 Å². The Bertz CT molecular complexity index is 439. The number of benzene rings is 1. The standard InChI is InChI=1S/C14H21FN2OS/c1-4-14(5-2,19-3)9-17-13(18)11-8-10(16)6-7-12(11)15/h6-8H,4-5,9,16H2,1-3H3,(H,17,18). The second-order valence-corrected chi connectivity index (χ2v) is 5.79. The van der Waals surface area contributed by atoms with E-state index in [2.05, 4.69) is 19.2 Å². The number of hydrogen-bond acceptors (Lipinski definition) is 3. The van der Waals surface area contributed by atoms with Crippen molar-refractivity contribution in [2.24, 2.45) is 0 Å². The van der Waals surface area contributed by atoms with Crippen molar-refractivity contribution in [1.29, 1.82) is 0 Å². The Morgan fingerprint density at radius 2 is 2.05 bits per heavy atom. The van der Waals surface area contributed by atoms with Crippen LogP contribution in [0.3, 0.4) is 0 Å². The first-order valence-electron chi connectivity index (χ1n) is 6.36. The second kappa shape index (κ2) is 6.80. The molecule has 0 aliphatic rings. The van der Waals surface area contributed by atoms with Crippen molar-refractivity contribution in [3.05, 3.63) is 29.6 Å². The Hall–Kier alpha value is -1.23. The van der Waals surface area contributed by atoms with Crippen LogP contribution >= 0.6 is 11.8 Å². The van der Waals surface area contributed by atoms with E-state index in [1.54, 1.807) is 11.8 Å². The molecule has 0 unspecified atom stereocenters. The lowest BCUT2D eigenvalue weighted by atomic mass is 10.0. The van der Waals surface area contributed by atoms with Crippen LogP contribution in [0.4, 0.5) is 10.1 Å². The maximum Gasteiger partial charge on any atom is 0.254 e. The third kappa shape index (κ3) is 3.86. The van der Waals surface area contributed by atoms with Crippen molar-refractivity contribution in [3.63, 3.8) is 0 Å². The molecule has 0 heterocycles. The zero-order chi connectivity index (χ0) is 14.5. The predicted octanol–water partition coefficient (Wildman–Crippen LogP) is 3.06. The predicted molar refractivity (Wildman–Crippen MR) is 80.0 cm³/mol. The van der Waals surface area contributed by atoms with E-state index in [0.717, 1.165) is 12.8 Å². The van der Waals surface area contributed by atoms with Gasteiger partial charge in [-0.15, -0.1) is 0 Å². The van der Waals surface area contributed by atoms with Crippen LogP contribution in [0.5, 0.6) is 0 Å². The fourth-order valence-corrected chi connectivity index (χ4v) is 2.71. The molecule has 19 heavy (non-hydrogen) atoms. The average Bonchev–Trinajstić information content (AvgIpc) is 2.43. The van der Waals surface area contributed by atoms with Gasteiger partial charge in [0.2, 0.25) is 0 Å². The smallest absolute Gasteiger partial charge is 0.254 e. The molecule has 5 heteroatoms. The molecule has 0 aliphatic carbocycles. The van der Waals surface area contributed by atoms with Gasteiger partial charge in [0.05, 0.1) is 5.56 Å². The monoisotopic (exact) mass is 284 g/mol. The van der Waals surface area contributed by atoms with Gasteiger partial charge in [0.25, 0.3) is 5.91 Å². The lowest BCUT2D eigenvalue weighted by Crippen LogP contribution is -2.39. The van der Waals surface area contributed by atoms with Crippen LogP contribution < -0.4 is 11.1 Å². The molecule has 1 aromatic carbocycles. The second-order valence-electron chi connectivity index (χ2n) is 4.52. The number of nitrogen functional groups attached to an aromatic ring is 1. The molecule has 1 rings (SSSR count). The van der Waals surface area contributed by atoms with Gasteiger partial charge in [-0.3, -0.25) is 4.79 Å². The Labute approximate surface area is 118 Å². The van der Waals surface area contributed by atoms with Crippen molar-refractivity contribution < 1.29 is 9.18 Å². The molecule has 3 N–H and O–H groups in total. The summed E-state index contributed by atoms with van der Waals surface area (Å²) in [5, 5.41) is 2.81. The normalized spacial score (nSPS) is 11.4. The molecule has 0 aliphatic heterocycles. The first-order valence-corrected chi connectivity index (χ1v) is 7.59. The highest BCUT2D eigenvalue weighted by Gasteiger charge is 2.26. The highest BCUT2D eigenvalue weighted by molar-refractivity contribution is 8.00. The summed E-state index contributed by atoms with van der Waals surface area (Å²) < 4.78 is 13.6. The Morgan fingerprint density at radius 3 is 2.58 bits per heavy atom. The maximum absolute atomic E-state index is 13.6. The molecule has 0 spiro atoms. The zero-order valence-electron chi connectivity index (χ0n) is 11.6. The van der Waals surface area contributed by atoms with Crippen LogP contribution in [0.25, 0.3) is 0 Å². The van der Waals surface area contributed by atoms with Gasteiger partial charge in [-0.05, 0) is 37.3 Å². The van der Waals surface area contributed by atoms with E-state index in [4.69, 9.17) is 5.73 Å². The Balaban J connectivity index is 2.77. The third-order valence-electron chi connectivity index (χ3n) is 3.53. The highest BCUT2D eigenvalue weighted by Crippen LogP contribution is 2.29. The van der Waals surface area contributed by atoms with Gasteiger partial charge in [-0.2, -0.15) is 11.8 Å². The Kier molecular flexibility index (Phi) is 5.66. The van der Waals surface area contributed by atoms with Crippen LogP contribution in [0.2, 0.25) is 0 Å². The topological polar surface area (TPSA) is 55.1 Å². The summed E-state index contributed by atoms with van der Waals surface area (Å²) in [5.41, 5.74) is 5.96. The summed E-state index contributed by atoms with van der Waals surface area (Å²) in [6, 6.07) is 4.02. The molecule has 106 valence electrons. The van der Waals surface area contributed by atoms with E-state index < -0.39 is 11.7 Å². The van der Waals surface area contributed by atoms with Gasteiger partial charge < -0.3 is 11.1 Å². The van der Waals surface area contributed by atoms with Gasteiger partial charge in [0, 0.05) is 17.0 Å². The molecule has 1 amide bonds. The van der Waals surface area contributed by atoms with E-state index in [9.17, 15) is 9.18 Å². The number of halogens is 1. The minimum atomic E-state index is -0.547. The SMILES string of the molecule is CCC(CC)(CNC(=O)c1cc(N)ccc1F)SC. The Morgan fingerprint density at radius 1 is 1.42 bits per heavy atom. The first-order chi connectivity index (χ1) is 8.98. The molecular formula is C14H21FN2OS. The first kappa shape index (κ1) is 15.8. The maximum atomic E-state index is 13.6. The van der Waals surface area contributed by atoms with E-state index in [0.29, 0.717) is 12.2 Å². The summed E-state index contributed by atoms with van der Waals surface area (Å²) >= 11 is 1.73. The molecule has 3 nitrogen and oxygen atoms in total. The van der Waals surface area contributed by atoms with E-state index in [1.807, 2.05) is 6.26 Å². The van der Waals surface area contributed by atoms with Gasteiger partial charge in [-0.25, -0.2) is 4.39 Å². The molecule has 0 radical (unpaired) electrons. The summed E-state index contributed by atoms with van der Waals surface area (Å²) in [6.45, 7) is 4.70. The largest absolute Gasteiger partial charge is 0.399 e. The molecule has 0 saturated heterocycles. The number of hydrogen-bond donors (Lipinski definition) is 2. The number of nitrogens with one attached hydrogen (secondary N) is 1. The molecule has 0 bridgehead atoms. The summed E-state index contributed by atoms with van der Waals surface area (Å²) in [5.74, 6) is -0.959.